The molecule has 2 nitrogen and oxygen atoms in total. The zero-order valence-corrected chi connectivity index (χ0v) is 10.4. The summed E-state index contributed by atoms with van der Waals surface area (Å²) in [4.78, 5) is 0. The lowest BCUT2D eigenvalue weighted by Crippen LogP contribution is -2.28. The minimum absolute atomic E-state index is 0.377. The van der Waals surface area contributed by atoms with Crippen LogP contribution < -0.4 is 10.1 Å². The highest BCUT2D eigenvalue weighted by Gasteiger charge is 2.51. The standard InChI is InChI=1S/C14H21NO/c1-4-15-10-14(9-11(14)2)12-5-7-13(16-3)8-6-12/h5-8,11,15H,4,9-10H2,1-3H3. The van der Waals surface area contributed by atoms with Crippen LogP contribution in [0.3, 0.4) is 0 Å². The molecule has 2 unspecified atom stereocenters. The highest BCUT2D eigenvalue weighted by molar-refractivity contribution is 5.37. The van der Waals surface area contributed by atoms with Gasteiger partial charge < -0.3 is 10.1 Å². The van der Waals surface area contributed by atoms with Crippen molar-refractivity contribution in [2.45, 2.75) is 25.7 Å². The maximum Gasteiger partial charge on any atom is 0.118 e. The van der Waals surface area contributed by atoms with Crippen LogP contribution in [0.25, 0.3) is 0 Å². The molecule has 1 fully saturated rings. The molecule has 0 amide bonds. The zero-order chi connectivity index (χ0) is 11.6. The highest BCUT2D eigenvalue weighted by atomic mass is 16.5. The Morgan fingerprint density at radius 3 is 2.44 bits per heavy atom. The average molecular weight is 219 g/mol. The van der Waals surface area contributed by atoms with Crippen molar-refractivity contribution in [3.8, 4) is 5.75 Å². The van der Waals surface area contributed by atoms with E-state index in [-0.39, 0.29) is 0 Å². The highest BCUT2D eigenvalue weighted by Crippen LogP contribution is 2.53. The van der Waals surface area contributed by atoms with Crippen LogP contribution in [-0.4, -0.2) is 20.2 Å². The Bertz CT molecular complexity index is 346. The second-order valence-electron chi connectivity index (χ2n) is 4.77. The lowest BCUT2D eigenvalue weighted by atomic mass is 9.93. The van der Waals surface area contributed by atoms with Crippen LogP contribution in [0.5, 0.6) is 5.75 Å². The zero-order valence-electron chi connectivity index (χ0n) is 10.4. The maximum atomic E-state index is 5.19. The summed E-state index contributed by atoms with van der Waals surface area (Å²) >= 11 is 0. The molecule has 0 saturated heterocycles. The Morgan fingerprint density at radius 2 is 2.00 bits per heavy atom. The molecule has 0 radical (unpaired) electrons. The quantitative estimate of drug-likeness (QED) is 0.822. The molecule has 1 aromatic rings. The van der Waals surface area contributed by atoms with Crippen LogP contribution in [0.4, 0.5) is 0 Å². The van der Waals surface area contributed by atoms with Gasteiger partial charge >= 0.3 is 0 Å². The largest absolute Gasteiger partial charge is 0.497 e. The summed E-state index contributed by atoms with van der Waals surface area (Å²) in [5.41, 5.74) is 1.82. The average Bonchev–Trinajstić information content (AvgIpc) is 2.99. The van der Waals surface area contributed by atoms with Crippen molar-refractivity contribution in [3.05, 3.63) is 29.8 Å². The maximum absolute atomic E-state index is 5.19. The molecule has 2 heteroatoms. The van der Waals surface area contributed by atoms with Crippen LogP contribution in [0.1, 0.15) is 25.8 Å². The monoisotopic (exact) mass is 219 g/mol. The first-order valence-electron chi connectivity index (χ1n) is 6.08. The summed E-state index contributed by atoms with van der Waals surface area (Å²) in [6, 6.07) is 8.54. The Labute approximate surface area is 98.0 Å². The number of hydrogen-bond donors (Lipinski definition) is 1. The molecule has 2 rings (SSSR count). The molecule has 0 spiro atoms. The predicted molar refractivity (Wildman–Crippen MR) is 67.0 cm³/mol. The third-order valence-corrected chi connectivity index (χ3v) is 3.81. The molecular weight excluding hydrogens is 198 g/mol. The summed E-state index contributed by atoms with van der Waals surface area (Å²) in [6.45, 7) is 6.64. The number of methoxy groups -OCH3 is 1. The van der Waals surface area contributed by atoms with Crippen LogP contribution in [0, 0.1) is 5.92 Å². The van der Waals surface area contributed by atoms with Crippen LogP contribution in [-0.2, 0) is 5.41 Å². The van der Waals surface area contributed by atoms with Crippen LogP contribution >= 0.6 is 0 Å². The van der Waals surface area contributed by atoms with E-state index in [0.717, 1.165) is 24.8 Å². The second kappa shape index (κ2) is 4.46. The molecule has 0 bridgehead atoms. The molecule has 1 aliphatic rings. The number of rotatable bonds is 5. The van der Waals surface area contributed by atoms with E-state index in [2.05, 4.69) is 43.4 Å². The van der Waals surface area contributed by atoms with E-state index in [0.29, 0.717) is 5.41 Å². The molecule has 1 saturated carbocycles. The summed E-state index contributed by atoms with van der Waals surface area (Å²) in [5, 5.41) is 3.48. The summed E-state index contributed by atoms with van der Waals surface area (Å²) in [5.74, 6) is 1.73. The van der Waals surface area contributed by atoms with E-state index in [4.69, 9.17) is 4.74 Å². The van der Waals surface area contributed by atoms with Gasteiger partial charge in [0.2, 0.25) is 0 Å². The van der Waals surface area contributed by atoms with Crippen molar-refractivity contribution in [2.75, 3.05) is 20.2 Å². The Balaban J connectivity index is 2.14. The van der Waals surface area contributed by atoms with E-state index in [1.165, 1.54) is 12.0 Å². The van der Waals surface area contributed by atoms with Gasteiger partial charge in [-0.1, -0.05) is 26.0 Å². The van der Waals surface area contributed by atoms with Gasteiger partial charge in [-0.3, -0.25) is 0 Å². The van der Waals surface area contributed by atoms with Crippen molar-refractivity contribution < 1.29 is 4.74 Å². The van der Waals surface area contributed by atoms with Gasteiger partial charge in [0.15, 0.2) is 0 Å². The Morgan fingerprint density at radius 1 is 1.38 bits per heavy atom. The fourth-order valence-electron chi connectivity index (χ4n) is 2.51. The van der Waals surface area contributed by atoms with Crippen molar-refractivity contribution in [3.63, 3.8) is 0 Å². The third kappa shape index (κ3) is 1.94. The van der Waals surface area contributed by atoms with Crippen molar-refractivity contribution in [2.24, 2.45) is 5.92 Å². The SMILES string of the molecule is CCNCC1(c2ccc(OC)cc2)CC1C. The fraction of sp³-hybridized carbons (Fsp3) is 0.571. The minimum Gasteiger partial charge on any atom is -0.497 e. The molecule has 88 valence electrons. The van der Waals surface area contributed by atoms with E-state index >= 15 is 0 Å². The van der Waals surface area contributed by atoms with Gasteiger partial charge in [-0.15, -0.1) is 0 Å². The molecule has 1 N–H and O–H groups in total. The van der Waals surface area contributed by atoms with Crippen molar-refractivity contribution in [1.29, 1.82) is 0 Å². The third-order valence-electron chi connectivity index (χ3n) is 3.81. The molecule has 2 atom stereocenters. The van der Waals surface area contributed by atoms with Crippen LogP contribution in [0.2, 0.25) is 0 Å². The lowest BCUT2D eigenvalue weighted by molar-refractivity contribution is 0.414. The summed E-state index contributed by atoms with van der Waals surface area (Å²) in [6.07, 6.45) is 1.30. The molecule has 1 aliphatic carbocycles. The number of benzene rings is 1. The second-order valence-corrected chi connectivity index (χ2v) is 4.77. The van der Waals surface area contributed by atoms with Crippen molar-refractivity contribution in [1.82, 2.24) is 5.32 Å². The van der Waals surface area contributed by atoms with Gasteiger partial charge in [0.25, 0.3) is 0 Å². The Hall–Kier alpha value is -1.02. The molecule has 1 aromatic carbocycles. The molecule has 16 heavy (non-hydrogen) atoms. The smallest absolute Gasteiger partial charge is 0.118 e. The summed E-state index contributed by atoms with van der Waals surface area (Å²) in [7, 11) is 1.71. The molecule has 0 aliphatic heterocycles. The van der Waals surface area contributed by atoms with Gasteiger partial charge in [0.05, 0.1) is 7.11 Å². The molecule has 0 heterocycles. The van der Waals surface area contributed by atoms with Crippen molar-refractivity contribution >= 4 is 0 Å². The molecule has 0 aromatic heterocycles. The minimum atomic E-state index is 0.377. The first kappa shape index (κ1) is 11.5. The first-order chi connectivity index (χ1) is 7.73. The number of likely N-dealkylation sites (N-methyl/N-ethyl adjacent to an activating group) is 1. The van der Waals surface area contributed by atoms with Gasteiger partial charge in [0, 0.05) is 12.0 Å². The summed E-state index contributed by atoms with van der Waals surface area (Å²) < 4.78 is 5.19. The fourth-order valence-corrected chi connectivity index (χ4v) is 2.51. The Kier molecular flexibility index (Phi) is 3.20. The lowest BCUT2D eigenvalue weighted by Gasteiger charge is -2.18. The molecular formula is C14H21NO. The topological polar surface area (TPSA) is 21.3 Å². The van der Waals surface area contributed by atoms with E-state index < -0.39 is 0 Å². The first-order valence-corrected chi connectivity index (χ1v) is 6.08. The van der Waals surface area contributed by atoms with E-state index in [9.17, 15) is 0 Å². The predicted octanol–water partition coefficient (Wildman–Crippen LogP) is 2.58. The van der Waals surface area contributed by atoms with E-state index in [1.54, 1.807) is 7.11 Å². The van der Waals surface area contributed by atoms with Gasteiger partial charge in [-0.25, -0.2) is 0 Å². The van der Waals surface area contributed by atoms with E-state index in [1.807, 2.05) is 0 Å². The number of hydrogen-bond acceptors (Lipinski definition) is 2. The van der Waals surface area contributed by atoms with Gasteiger partial charge in [-0.05, 0) is 36.6 Å². The van der Waals surface area contributed by atoms with Gasteiger partial charge in [-0.2, -0.15) is 0 Å². The van der Waals surface area contributed by atoms with Crippen LogP contribution in [0.15, 0.2) is 24.3 Å². The normalized spacial score (nSPS) is 27.8. The number of nitrogens with one attached hydrogen (secondary N) is 1. The number of ether oxygens (including phenoxy) is 1. The van der Waals surface area contributed by atoms with Gasteiger partial charge in [0.1, 0.15) is 5.75 Å².